The predicted molar refractivity (Wildman–Crippen MR) is 67.0 cm³/mol. The fourth-order valence-corrected chi connectivity index (χ4v) is 1.96. The maximum atomic E-state index is 5.34. The van der Waals surface area contributed by atoms with Gasteiger partial charge in [-0.05, 0) is 30.3 Å². The third kappa shape index (κ3) is 3.66. The lowest BCUT2D eigenvalue weighted by Gasteiger charge is -2.15. The first-order valence-corrected chi connectivity index (χ1v) is 6.26. The van der Waals surface area contributed by atoms with Crippen LogP contribution in [-0.4, -0.2) is 32.8 Å². The molecule has 98 valence electrons. The molecule has 1 atom stereocenters. The van der Waals surface area contributed by atoms with Crippen LogP contribution in [0.3, 0.4) is 0 Å². The van der Waals surface area contributed by atoms with Gasteiger partial charge in [0.2, 0.25) is 0 Å². The Kier molecular flexibility index (Phi) is 4.46. The van der Waals surface area contributed by atoms with Crippen LogP contribution in [0.15, 0.2) is 22.8 Å². The van der Waals surface area contributed by atoms with Crippen molar-refractivity contribution in [1.29, 1.82) is 0 Å². The summed E-state index contributed by atoms with van der Waals surface area (Å²) in [6.07, 6.45) is 4.43. The van der Waals surface area contributed by atoms with Crippen LogP contribution in [0.5, 0.6) is 0 Å². The summed E-state index contributed by atoms with van der Waals surface area (Å²) in [5.41, 5.74) is 0. The van der Waals surface area contributed by atoms with Gasteiger partial charge in [-0.1, -0.05) is 6.92 Å². The van der Waals surface area contributed by atoms with Crippen molar-refractivity contribution >= 4 is 0 Å². The van der Waals surface area contributed by atoms with Gasteiger partial charge >= 0.3 is 0 Å². The Morgan fingerprint density at radius 2 is 2.39 bits per heavy atom. The first-order chi connectivity index (χ1) is 8.78. The Labute approximate surface area is 106 Å². The maximum absolute atomic E-state index is 5.34. The molecule has 1 N–H and O–H groups in total. The average molecular weight is 249 g/mol. The highest BCUT2D eigenvalue weighted by Gasteiger charge is 2.12. The highest BCUT2D eigenvalue weighted by molar-refractivity contribution is 4.99. The third-order valence-electron chi connectivity index (χ3n) is 2.79. The van der Waals surface area contributed by atoms with Crippen molar-refractivity contribution in [3.05, 3.63) is 30.0 Å². The summed E-state index contributed by atoms with van der Waals surface area (Å²) in [6.45, 7) is 3.03. The molecule has 2 heterocycles. The van der Waals surface area contributed by atoms with Crippen molar-refractivity contribution in [2.24, 2.45) is 7.05 Å². The highest BCUT2D eigenvalue weighted by atomic mass is 16.3. The second-order valence-corrected chi connectivity index (χ2v) is 4.27. The summed E-state index contributed by atoms with van der Waals surface area (Å²) in [6, 6.07) is 4.27. The van der Waals surface area contributed by atoms with Crippen molar-refractivity contribution in [1.82, 2.24) is 25.5 Å². The van der Waals surface area contributed by atoms with Crippen molar-refractivity contribution in [3.8, 4) is 0 Å². The monoisotopic (exact) mass is 249 g/mol. The van der Waals surface area contributed by atoms with E-state index in [1.54, 1.807) is 13.3 Å². The van der Waals surface area contributed by atoms with Crippen LogP contribution >= 0.6 is 0 Å². The second-order valence-electron chi connectivity index (χ2n) is 4.27. The summed E-state index contributed by atoms with van der Waals surface area (Å²) in [5.74, 6) is 1.80. The number of tetrazole rings is 1. The van der Waals surface area contributed by atoms with E-state index in [9.17, 15) is 0 Å². The topological polar surface area (TPSA) is 68.8 Å². The number of aromatic nitrogens is 4. The van der Waals surface area contributed by atoms with Crippen molar-refractivity contribution in [2.75, 3.05) is 6.54 Å². The average Bonchev–Trinajstić information content (AvgIpc) is 2.98. The molecule has 0 aliphatic carbocycles. The van der Waals surface area contributed by atoms with Crippen LogP contribution in [0.2, 0.25) is 0 Å². The van der Waals surface area contributed by atoms with E-state index >= 15 is 0 Å². The van der Waals surface area contributed by atoms with E-state index in [4.69, 9.17) is 4.42 Å². The SMILES string of the molecule is CCNC(CCc1ccco1)Cc1nnn(C)n1. The van der Waals surface area contributed by atoms with Crippen molar-refractivity contribution < 1.29 is 4.42 Å². The van der Waals surface area contributed by atoms with Gasteiger partial charge in [0.1, 0.15) is 5.76 Å². The molecule has 18 heavy (non-hydrogen) atoms. The quantitative estimate of drug-likeness (QED) is 0.791. The zero-order valence-electron chi connectivity index (χ0n) is 10.8. The standard InChI is InChI=1S/C12H19N5O/c1-3-13-10(6-7-11-5-4-8-18-11)9-12-14-16-17(2)15-12/h4-5,8,10,13H,3,6-7,9H2,1-2H3. The van der Waals surface area contributed by atoms with E-state index in [-0.39, 0.29) is 0 Å². The summed E-state index contributed by atoms with van der Waals surface area (Å²) in [5, 5.41) is 15.5. The maximum Gasteiger partial charge on any atom is 0.176 e. The van der Waals surface area contributed by atoms with Crippen LogP contribution in [0.4, 0.5) is 0 Å². The molecule has 2 aromatic rings. The lowest BCUT2D eigenvalue weighted by molar-refractivity contribution is 0.442. The number of hydrogen-bond donors (Lipinski definition) is 1. The fraction of sp³-hybridized carbons (Fsp3) is 0.583. The Bertz CT molecular complexity index is 451. The molecule has 0 spiro atoms. The lowest BCUT2D eigenvalue weighted by Crippen LogP contribution is -2.31. The van der Waals surface area contributed by atoms with Gasteiger partial charge in [0.05, 0.1) is 13.3 Å². The summed E-state index contributed by atoms with van der Waals surface area (Å²) >= 11 is 0. The highest BCUT2D eigenvalue weighted by Crippen LogP contribution is 2.08. The summed E-state index contributed by atoms with van der Waals surface area (Å²) < 4.78 is 5.34. The minimum atomic E-state index is 0.351. The largest absolute Gasteiger partial charge is 0.469 e. The van der Waals surface area contributed by atoms with Gasteiger partial charge in [0.25, 0.3) is 0 Å². The molecule has 0 bridgehead atoms. The molecule has 0 amide bonds. The van der Waals surface area contributed by atoms with Gasteiger partial charge in [-0.2, -0.15) is 4.80 Å². The molecule has 0 saturated heterocycles. The van der Waals surface area contributed by atoms with Crippen LogP contribution in [0, 0.1) is 0 Å². The van der Waals surface area contributed by atoms with Crippen LogP contribution < -0.4 is 5.32 Å². The van der Waals surface area contributed by atoms with E-state index in [1.165, 1.54) is 4.80 Å². The molecule has 6 nitrogen and oxygen atoms in total. The molecule has 2 aromatic heterocycles. The first-order valence-electron chi connectivity index (χ1n) is 6.26. The molecule has 0 aliphatic rings. The first kappa shape index (κ1) is 12.8. The zero-order valence-corrected chi connectivity index (χ0v) is 10.8. The molecule has 0 radical (unpaired) electrons. The van der Waals surface area contributed by atoms with E-state index in [0.717, 1.165) is 37.4 Å². The van der Waals surface area contributed by atoms with E-state index in [0.29, 0.717) is 6.04 Å². The number of nitrogens with zero attached hydrogens (tertiary/aromatic N) is 4. The smallest absolute Gasteiger partial charge is 0.176 e. The zero-order chi connectivity index (χ0) is 12.8. The number of rotatable bonds is 7. The van der Waals surface area contributed by atoms with E-state index < -0.39 is 0 Å². The fourth-order valence-electron chi connectivity index (χ4n) is 1.96. The molecular formula is C12H19N5O. The minimum absolute atomic E-state index is 0.351. The van der Waals surface area contributed by atoms with E-state index in [1.807, 2.05) is 12.1 Å². The Morgan fingerprint density at radius 3 is 3.00 bits per heavy atom. The summed E-state index contributed by atoms with van der Waals surface area (Å²) in [4.78, 5) is 1.49. The van der Waals surface area contributed by atoms with Gasteiger partial charge < -0.3 is 9.73 Å². The van der Waals surface area contributed by atoms with Gasteiger partial charge in [-0.3, -0.25) is 0 Å². The van der Waals surface area contributed by atoms with Gasteiger partial charge in [0, 0.05) is 18.9 Å². The Balaban J connectivity index is 1.87. The van der Waals surface area contributed by atoms with E-state index in [2.05, 4.69) is 27.7 Å². The van der Waals surface area contributed by atoms with Crippen molar-refractivity contribution in [3.63, 3.8) is 0 Å². The second kappa shape index (κ2) is 6.30. The number of aryl methyl sites for hydroxylation is 2. The Hall–Kier alpha value is -1.69. The number of furan rings is 1. The number of likely N-dealkylation sites (N-methyl/N-ethyl adjacent to an activating group) is 1. The molecule has 1 unspecified atom stereocenters. The van der Waals surface area contributed by atoms with Gasteiger partial charge in [-0.25, -0.2) is 0 Å². The van der Waals surface area contributed by atoms with Gasteiger partial charge in [-0.15, -0.1) is 10.2 Å². The minimum Gasteiger partial charge on any atom is -0.469 e. The van der Waals surface area contributed by atoms with Crippen molar-refractivity contribution in [2.45, 2.75) is 32.2 Å². The lowest BCUT2D eigenvalue weighted by atomic mass is 10.1. The predicted octanol–water partition coefficient (Wildman–Crippen LogP) is 0.956. The molecular weight excluding hydrogens is 230 g/mol. The van der Waals surface area contributed by atoms with Crippen LogP contribution in [-0.2, 0) is 19.9 Å². The molecule has 6 heteroatoms. The normalized spacial score (nSPS) is 12.8. The number of nitrogens with one attached hydrogen (secondary N) is 1. The molecule has 0 aliphatic heterocycles. The molecule has 0 fully saturated rings. The number of hydrogen-bond acceptors (Lipinski definition) is 5. The molecule has 0 aromatic carbocycles. The third-order valence-corrected chi connectivity index (χ3v) is 2.79. The Morgan fingerprint density at radius 1 is 1.50 bits per heavy atom. The van der Waals surface area contributed by atoms with Crippen LogP contribution in [0.1, 0.15) is 24.9 Å². The molecule has 2 rings (SSSR count). The van der Waals surface area contributed by atoms with Crippen LogP contribution in [0.25, 0.3) is 0 Å². The summed E-state index contributed by atoms with van der Waals surface area (Å²) in [7, 11) is 1.78. The molecule has 0 saturated carbocycles. The van der Waals surface area contributed by atoms with Gasteiger partial charge in [0.15, 0.2) is 5.82 Å².